The predicted octanol–water partition coefficient (Wildman–Crippen LogP) is 1.27. The van der Waals surface area contributed by atoms with Crippen molar-refractivity contribution in [1.29, 1.82) is 0 Å². The predicted molar refractivity (Wildman–Crippen MR) is 111 cm³/mol. The highest BCUT2D eigenvalue weighted by atomic mass is 19.1. The number of halogens is 2. The number of carbonyl (C=O) groups is 4. The number of rotatable bonds is 4. The summed E-state index contributed by atoms with van der Waals surface area (Å²) in [7, 11) is 1.43. The van der Waals surface area contributed by atoms with Gasteiger partial charge in [-0.05, 0) is 37.3 Å². The molecule has 0 bridgehead atoms. The number of fused-ring (bicyclic) bond motifs is 1. The number of nitrogens with zero attached hydrogens (tertiary/aromatic N) is 2. The summed E-state index contributed by atoms with van der Waals surface area (Å²) in [6.45, 7) is 0.419. The Morgan fingerprint density at radius 2 is 1.94 bits per heavy atom. The van der Waals surface area contributed by atoms with E-state index in [2.05, 4.69) is 10.6 Å². The summed E-state index contributed by atoms with van der Waals surface area (Å²) in [5, 5.41) is 4.80. The number of ether oxygens (including phenoxy) is 1. The average Bonchev–Trinajstić information content (AvgIpc) is 3.02. The molecule has 0 saturated carbocycles. The lowest BCUT2D eigenvalue weighted by Gasteiger charge is -2.34. The molecule has 2 atom stereocenters. The van der Waals surface area contributed by atoms with Crippen molar-refractivity contribution in [2.45, 2.75) is 18.6 Å². The normalized spacial score (nSPS) is 21.9. The van der Waals surface area contributed by atoms with Crippen LogP contribution in [0, 0.1) is 11.6 Å². The number of imide groups is 1. The Balaban J connectivity index is 1.61. The van der Waals surface area contributed by atoms with Gasteiger partial charge in [-0.2, -0.15) is 0 Å². The fourth-order valence-electron chi connectivity index (χ4n) is 3.89. The van der Waals surface area contributed by atoms with Crippen LogP contribution < -0.4 is 20.3 Å². The standard InChI is InChI=1S/C22H20F2N4O5/c1-22(13-9-12(23)7-8-14(13)24)20(31)28(21(32)26-22)11-18(29)27-10-17(19(30)25-2)33-16-6-4-3-5-15(16)27/h3-9,17H,10-11H2,1-2H3,(H,25,30)(H,26,32). The van der Waals surface area contributed by atoms with Crippen molar-refractivity contribution in [3.8, 4) is 5.75 Å². The highest BCUT2D eigenvalue weighted by Crippen LogP contribution is 2.34. The van der Waals surface area contributed by atoms with Gasteiger partial charge in [0.25, 0.3) is 11.8 Å². The van der Waals surface area contributed by atoms with Crippen molar-refractivity contribution in [3.63, 3.8) is 0 Å². The molecular formula is C22H20F2N4O5. The van der Waals surface area contributed by atoms with Crippen LogP contribution in [0.4, 0.5) is 19.3 Å². The van der Waals surface area contributed by atoms with E-state index >= 15 is 0 Å². The number of hydrogen-bond donors (Lipinski definition) is 2. The molecule has 1 saturated heterocycles. The Labute approximate surface area is 187 Å². The van der Waals surface area contributed by atoms with E-state index in [0.29, 0.717) is 10.6 Å². The van der Waals surface area contributed by atoms with Gasteiger partial charge in [0.1, 0.15) is 29.5 Å². The van der Waals surface area contributed by atoms with E-state index in [4.69, 9.17) is 4.74 Å². The molecule has 2 N–H and O–H groups in total. The first kappa shape index (κ1) is 22.2. The lowest BCUT2D eigenvalue weighted by molar-refractivity contribution is -0.134. The SMILES string of the molecule is CNC(=O)C1CN(C(=O)CN2C(=O)NC(C)(c3cc(F)ccc3F)C2=O)c2ccccc2O1. The van der Waals surface area contributed by atoms with E-state index < -0.39 is 53.6 Å². The molecule has 1 fully saturated rings. The van der Waals surface area contributed by atoms with Gasteiger partial charge >= 0.3 is 6.03 Å². The number of carbonyl (C=O) groups excluding carboxylic acids is 4. The van der Waals surface area contributed by atoms with Gasteiger partial charge in [-0.3, -0.25) is 19.3 Å². The number of hydrogen-bond acceptors (Lipinski definition) is 5. The highest BCUT2D eigenvalue weighted by Gasteiger charge is 2.51. The minimum atomic E-state index is -1.89. The summed E-state index contributed by atoms with van der Waals surface area (Å²) in [5.74, 6) is -3.39. The van der Waals surface area contributed by atoms with Crippen molar-refractivity contribution in [3.05, 3.63) is 59.7 Å². The minimum absolute atomic E-state index is 0.144. The van der Waals surface area contributed by atoms with Crippen molar-refractivity contribution < 1.29 is 32.7 Å². The van der Waals surface area contributed by atoms with E-state index in [0.717, 1.165) is 18.2 Å². The molecule has 11 heteroatoms. The molecule has 4 rings (SSSR count). The third-order valence-electron chi connectivity index (χ3n) is 5.65. The number of urea groups is 1. The summed E-state index contributed by atoms with van der Waals surface area (Å²) >= 11 is 0. The molecule has 2 aliphatic heterocycles. The molecule has 0 radical (unpaired) electrons. The number of amides is 5. The van der Waals surface area contributed by atoms with Crippen molar-refractivity contribution in [2.24, 2.45) is 0 Å². The third-order valence-corrected chi connectivity index (χ3v) is 5.65. The van der Waals surface area contributed by atoms with Gasteiger partial charge in [0.05, 0.1) is 12.2 Å². The van der Waals surface area contributed by atoms with Gasteiger partial charge < -0.3 is 20.3 Å². The van der Waals surface area contributed by atoms with Crippen LogP contribution in [0.15, 0.2) is 42.5 Å². The van der Waals surface area contributed by atoms with E-state index in [1.807, 2.05) is 0 Å². The lowest BCUT2D eigenvalue weighted by atomic mass is 9.91. The second-order valence-corrected chi connectivity index (χ2v) is 7.76. The molecule has 0 aliphatic carbocycles. The molecule has 2 unspecified atom stereocenters. The first-order valence-corrected chi connectivity index (χ1v) is 10.0. The zero-order valence-electron chi connectivity index (χ0n) is 17.7. The summed E-state index contributed by atoms with van der Waals surface area (Å²) in [6.07, 6.45) is -0.997. The Bertz CT molecular complexity index is 1170. The molecule has 172 valence electrons. The Kier molecular flexibility index (Phi) is 5.48. The first-order valence-electron chi connectivity index (χ1n) is 10.0. The molecule has 2 heterocycles. The van der Waals surface area contributed by atoms with Crippen molar-refractivity contribution in [2.75, 3.05) is 25.0 Å². The first-order chi connectivity index (χ1) is 15.7. The number of likely N-dealkylation sites (N-methyl/N-ethyl adjacent to an activating group) is 1. The van der Waals surface area contributed by atoms with E-state index in [1.165, 1.54) is 18.9 Å². The van der Waals surface area contributed by atoms with Gasteiger partial charge in [0.15, 0.2) is 6.10 Å². The molecule has 2 aromatic carbocycles. The molecular weight excluding hydrogens is 438 g/mol. The number of nitrogens with one attached hydrogen (secondary N) is 2. The second-order valence-electron chi connectivity index (χ2n) is 7.76. The largest absolute Gasteiger partial charge is 0.477 e. The quantitative estimate of drug-likeness (QED) is 0.671. The van der Waals surface area contributed by atoms with Crippen molar-refractivity contribution >= 4 is 29.4 Å². The second kappa shape index (κ2) is 8.15. The van der Waals surface area contributed by atoms with E-state index in [1.54, 1.807) is 24.3 Å². The summed E-state index contributed by atoms with van der Waals surface area (Å²) in [5.41, 5.74) is -1.88. The molecule has 5 amide bonds. The van der Waals surface area contributed by atoms with Crippen LogP contribution in [0.25, 0.3) is 0 Å². The lowest BCUT2D eigenvalue weighted by Crippen LogP contribution is -2.52. The highest BCUT2D eigenvalue weighted by molar-refractivity contribution is 6.11. The van der Waals surface area contributed by atoms with Crippen LogP contribution in [0.2, 0.25) is 0 Å². The molecule has 2 aliphatic rings. The summed E-state index contributed by atoms with van der Waals surface area (Å²) in [6, 6.07) is 8.17. The van der Waals surface area contributed by atoms with Crippen LogP contribution in [-0.2, 0) is 19.9 Å². The van der Waals surface area contributed by atoms with Gasteiger partial charge in [-0.1, -0.05) is 12.1 Å². The summed E-state index contributed by atoms with van der Waals surface area (Å²) in [4.78, 5) is 52.8. The Morgan fingerprint density at radius 1 is 1.21 bits per heavy atom. The van der Waals surface area contributed by atoms with Crippen LogP contribution in [0.3, 0.4) is 0 Å². The maximum Gasteiger partial charge on any atom is 0.325 e. The van der Waals surface area contributed by atoms with Crippen LogP contribution >= 0.6 is 0 Å². The van der Waals surface area contributed by atoms with Gasteiger partial charge in [0.2, 0.25) is 5.91 Å². The third kappa shape index (κ3) is 3.75. The van der Waals surface area contributed by atoms with Gasteiger partial charge in [-0.15, -0.1) is 0 Å². The monoisotopic (exact) mass is 458 g/mol. The van der Waals surface area contributed by atoms with Crippen LogP contribution in [0.5, 0.6) is 5.75 Å². The molecule has 0 aromatic heterocycles. The summed E-state index contributed by atoms with van der Waals surface area (Å²) < 4.78 is 33.7. The number of para-hydroxylation sites is 2. The van der Waals surface area contributed by atoms with Crippen LogP contribution in [-0.4, -0.2) is 54.9 Å². The van der Waals surface area contributed by atoms with E-state index in [-0.39, 0.29) is 17.9 Å². The smallest absolute Gasteiger partial charge is 0.325 e. The molecule has 33 heavy (non-hydrogen) atoms. The zero-order valence-corrected chi connectivity index (χ0v) is 17.7. The van der Waals surface area contributed by atoms with Crippen LogP contribution in [0.1, 0.15) is 12.5 Å². The van der Waals surface area contributed by atoms with Crippen molar-refractivity contribution in [1.82, 2.24) is 15.5 Å². The number of anilines is 1. The van der Waals surface area contributed by atoms with E-state index in [9.17, 15) is 28.0 Å². The Morgan fingerprint density at radius 3 is 2.67 bits per heavy atom. The zero-order chi connectivity index (χ0) is 23.9. The fourth-order valence-corrected chi connectivity index (χ4v) is 3.89. The molecule has 2 aromatic rings. The number of benzene rings is 2. The average molecular weight is 458 g/mol. The van der Waals surface area contributed by atoms with Gasteiger partial charge in [0, 0.05) is 12.6 Å². The minimum Gasteiger partial charge on any atom is -0.477 e. The maximum atomic E-state index is 14.3. The maximum absolute atomic E-state index is 14.3. The molecule has 0 spiro atoms. The molecule has 9 nitrogen and oxygen atoms in total. The fraction of sp³-hybridized carbons (Fsp3) is 0.273. The Hall–Kier alpha value is -4.02. The van der Waals surface area contributed by atoms with Gasteiger partial charge in [-0.25, -0.2) is 13.6 Å². The topological polar surface area (TPSA) is 108 Å².